The second kappa shape index (κ2) is 6.06. The van der Waals surface area contributed by atoms with Crippen LogP contribution in [0.1, 0.15) is 25.2 Å². The third kappa shape index (κ3) is 3.47. The third-order valence-corrected chi connectivity index (χ3v) is 2.99. The molecule has 19 heavy (non-hydrogen) atoms. The molecule has 0 aliphatic rings. The number of halogens is 2. The SMILES string of the molecule is CCc1nnc(Oc2cc(F)cc(Br)c2)nc1CC. The summed E-state index contributed by atoms with van der Waals surface area (Å²) in [6, 6.07) is 4.40. The normalized spacial score (nSPS) is 10.5. The van der Waals surface area contributed by atoms with Crippen LogP contribution in [-0.2, 0) is 12.8 Å². The molecule has 0 aliphatic carbocycles. The molecule has 0 saturated heterocycles. The lowest BCUT2D eigenvalue weighted by molar-refractivity contribution is 0.424. The van der Waals surface area contributed by atoms with Crippen molar-refractivity contribution in [1.29, 1.82) is 0 Å². The van der Waals surface area contributed by atoms with Crippen molar-refractivity contribution in [2.45, 2.75) is 26.7 Å². The largest absolute Gasteiger partial charge is 0.423 e. The van der Waals surface area contributed by atoms with Gasteiger partial charge in [-0.15, -0.1) is 5.10 Å². The van der Waals surface area contributed by atoms with Crippen LogP contribution in [0.3, 0.4) is 0 Å². The molecule has 0 atom stereocenters. The van der Waals surface area contributed by atoms with E-state index in [0.717, 1.165) is 24.2 Å². The predicted octanol–water partition coefficient (Wildman–Crippen LogP) is 3.69. The van der Waals surface area contributed by atoms with E-state index >= 15 is 0 Å². The molecule has 0 saturated carbocycles. The van der Waals surface area contributed by atoms with Gasteiger partial charge in [0.2, 0.25) is 0 Å². The fraction of sp³-hybridized carbons (Fsp3) is 0.308. The number of aromatic nitrogens is 3. The molecule has 4 nitrogen and oxygen atoms in total. The van der Waals surface area contributed by atoms with Crippen molar-refractivity contribution < 1.29 is 9.13 Å². The van der Waals surface area contributed by atoms with E-state index in [1.54, 1.807) is 6.07 Å². The standard InChI is InChI=1S/C13H13BrFN3O/c1-3-11-12(4-2)17-18-13(16-11)19-10-6-8(14)5-9(15)7-10/h5-7H,3-4H2,1-2H3. The highest BCUT2D eigenvalue weighted by atomic mass is 79.9. The number of ether oxygens (including phenoxy) is 1. The van der Waals surface area contributed by atoms with Gasteiger partial charge in [0.1, 0.15) is 11.6 Å². The maximum Gasteiger partial charge on any atom is 0.341 e. The maximum atomic E-state index is 13.2. The lowest BCUT2D eigenvalue weighted by Crippen LogP contribution is -2.04. The minimum Gasteiger partial charge on any atom is -0.423 e. The Morgan fingerprint density at radius 3 is 2.47 bits per heavy atom. The van der Waals surface area contributed by atoms with Crippen molar-refractivity contribution in [1.82, 2.24) is 15.2 Å². The Hall–Kier alpha value is -1.56. The van der Waals surface area contributed by atoms with Gasteiger partial charge >= 0.3 is 6.01 Å². The molecule has 6 heteroatoms. The number of aryl methyl sites for hydroxylation is 2. The van der Waals surface area contributed by atoms with Crippen molar-refractivity contribution in [3.63, 3.8) is 0 Å². The van der Waals surface area contributed by atoms with E-state index in [-0.39, 0.29) is 6.01 Å². The quantitative estimate of drug-likeness (QED) is 0.860. The Labute approximate surface area is 119 Å². The van der Waals surface area contributed by atoms with E-state index in [1.165, 1.54) is 12.1 Å². The van der Waals surface area contributed by atoms with E-state index in [1.807, 2.05) is 13.8 Å². The summed E-state index contributed by atoms with van der Waals surface area (Å²) in [4.78, 5) is 4.28. The van der Waals surface area contributed by atoms with Gasteiger partial charge in [-0.2, -0.15) is 4.98 Å². The summed E-state index contributed by atoms with van der Waals surface area (Å²) in [5.74, 6) is -0.0572. The first-order chi connectivity index (χ1) is 9.12. The van der Waals surface area contributed by atoms with Crippen LogP contribution in [0.5, 0.6) is 11.8 Å². The first-order valence-electron chi connectivity index (χ1n) is 5.98. The number of rotatable bonds is 4. The van der Waals surface area contributed by atoms with Gasteiger partial charge in [-0.05, 0) is 25.0 Å². The summed E-state index contributed by atoms with van der Waals surface area (Å²) in [6.45, 7) is 3.99. The zero-order chi connectivity index (χ0) is 13.8. The molecule has 100 valence electrons. The molecule has 1 aromatic heterocycles. The van der Waals surface area contributed by atoms with Gasteiger partial charge in [0.15, 0.2) is 0 Å². The summed E-state index contributed by atoms with van der Waals surface area (Å²) in [5.41, 5.74) is 1.71. The second-order valence-corrected chi connectivity index (χ2v) is 4.82. The van der Waals surface area contributed by atoms with Crippen LogP contribution >= 0.6 is 15.9 Å². The highest BCUT2D eigenvalue weighted by Gasteiger charge is 2.09. The molecule has 0 radical (unpaired) electrons. The Bertz CT molecular complexity index is 572. The summed E-state index contributed by atoms with van der Waals surface area (Å²) in [7, 11) is 0. The number of benzene rings is 1. The average molecular weight is 326 g/mol. The van der Waals surface area contributed by atoms with Gasteiger partial charge < -0.3 is 4.74 Å². The molecule has 0 aliphatic heterocycles. The second-order valence-electron chi connectivity index (χ2n) is 3.90. The van der Waals surface area contributed by atoms with Crippen LogP contribution < -0.4 is 4.74 Å². The van der Waals surface area contributed by atoms with Crippen molar-refractivity contribution in [2.75, 3.05) is 0 Å². The minimum atomic E-state index is -0.391. The third-order valence-electron chi connectivity index (χ3n) is 2.53. The molecule has 2 aromatic rings. The fourth-order valence-corrected chi connectivity index (χ4v) is 2.10. The molecule has 0 amide bonds. The molecule has 0 bridgehead atoms. The van der Waals surface area contributed by atoms with E-state index in [2.05, 4.69) is 31.1 Å². The van der Waals surface area contributed by atoms with Crippen LogP contribution in [0.4, 0.5) is 4.39 Å². The zero-order valence-corrected chi connectivity index (χ0v) is 12.2. The summed E-state index contributed by atoms with van der Waals surface area (Å²) < 4.78 is 19.2. The van der Waals surface area contributed by atoms with Crippen molar-refractivity contribution in [3.8, 4) is 11.8 Å². The smallest absolute Gasteiger partial charge is 0.341 e. The van der Waals surface area contributed by atoms with E-state index in [9.17, 15) is 4.39 Å². The van der Waals surface area contributed by atoms with Crippen LogP contribution in [0.2, 0.25) is 0 Å². The van der Waals surface area contributed by atoms with Gasteiger partial charge in [-0.3, -0.25) is 0 Å². The first kappa shape index (κ1) is 13.9. The first-order valence-corrected chi connectivity index (χ1v) is 6.78. The highest BCUT2D eigenvalue weighted by Crippen LogP contribution is 2.24. The molecule has 2 rings (SSSR count). The van der Waals surface area contributed by atoms with E-state index in [0.29, 0.717) is 10.2 Å². The highest BCUT2D eigenvalue weighted by molar-refractivity contribution is 9.10. The number of hydrogen-bond acceptors (Lipinski definition) is 4. The number of nitrogens with zero attached hydrogens (tertiary/aromatic N) is 3. The molecular weight excluding hydrogens is 313 g/mol. The van der Waals surface area contributed by atoms with Crippen molar-refractivity contribution in [2.24, 2.45) is 0 Å². The Kier molecular flexibility index (Phi) is 4.42. The molecular formula is C13H13BrFN3O. The van der Waals surface area contributed by atoms with E-state index < -0.39 is 5.82 Å². The van der Waals surface area contributed by atoms with Crippen LogP contribution in [0.15, 0.2) is 22.7 Å². The Balaban J connectivity index is 2.28. The lowest BCUT2D eigenvalue weighted by atomic mass is 10.2. The summed E-state index contributed by atoms with van der Waals surface area (Å²) in [5, 5.41) is 7.96. The topological polar surface area (TPSA) is 47.9 Å². The molecule has 0 spiro atoms. The van der Waals surface area contributed by atoms with Crippen molar-refractivity contribution in [3.05, 3.63) is 39.9 Å². The van der Waals surface area contributed by atoms with Gasteiger partial charge in [0, 0.05) is 10.5 Å². The molecule has 0 N–H and O–H groups in total. The van der Waals surface area contributed by atoms with Crippen LogP contribution in [0, 0.1) is 5.82 Å². The summed E-state index contributed by atoms with van der Waals surface area (Å²) >= 11 is 3.20. The van der Waals surface area contributed by atoms with Crippen molar-refractivity contribution >= 4 is 15.9 Å². The fourth-order valence-electron chi connectivity index (χ4n) is 1.66. The van der Waals surface area contributed by atoms with Crippen LogP contribution in [0.25, 0.3) is 0 Å². The van der Waals surface area contributed by atoms with Gasteiger partial charge in [-0.25, -0.2) is 4.39 Å². The maximum absolute atomic E-state index is 13.2. The monoisotopic (exact) mass is 325 g/mol. The van der Waals surface area contributed by atoms with E-state index in [4.69, 9.17) is 4.74 Å². The summed E-state index contributed by atoms with van der Waals surface area (Å²) in [6.07, 6.45) is 1.52. The van der Waals surface area contributed by atoms with Gasteiger partial charge in [0.25, 0.3) is 0 Å². The predicted molar refractivity (Wildman–Crippen MR) is 72.8 cm³/mol. The number of hydrogen-bond donors (Lipinski definition) is 0. The zero-order valence-electron chi connectivity index (χ0n) is 10.7. The average Bonchev–Trinajstić information content (AvgIpc) is 2.37. The van der Waals surface area contributed by atoms with Gasteiger partial charge in [0.05, 0.1) is 11.4 Å². The molecule has 1 aromatic carbocycles. The minimum absolute atomic E-state index is 0.131. The Morgan fingerprint density at radius 1 is 1.11 bits per heavy atom. The molecule has 0 fully saturated rings. The Morgan fingerprint density at radius 2 is 1.84 bits per heavy atom. The molecule has 1 heterocycles. The molecule has 0 unspecified atom stereocenters. The van der Waals surface area contributed by atoms with Gasteiger partial charge in [-0.1, -0.05) is 34.9 Å². The lowest BCUT2D eigenvalue weighted by Gasteiger charge is -2.07. The van der Waals surface area contributed by atoms with Crippen LogP contribution in [-0.4, -0.2) is 15.2 Å².